The molecule has 12 heteroatoms. The fourth-order valence-electron chi connectivity index (χ4n) is 3.73. The number of benzene rings is 3. The lowest BCUT2D eigenvalue weighted by atomic mass is 10.0. The van der Waals surface area contributed by atoms with Gasteiger partial charge in [0.1, 0.15) is 15.5 Å². The van der Waals surface area contributed by atoms with Crippen molar-refractivity contribution >= 4 is 60.3 Å². The number of hydrogen-bond acceptors (Lipinski definition) is 7. The number of sulfone groups is 1. The topological polar surface area (TPSA) is 108 Å². The molecule has 1 aliphatic rings. The number of nitrogens with zero attached hydrogens (tertiary/aromatic N) is 3. The number of rotatable bonds is 8. The molecule has 0 unspecified atom stereocenters. The summed E-state index contributed by atoms with van der Waals surface area (Å²) in [6.07, 6.45) is 1.42. The van der Waals surface area contributed by atoms with Crippen LogP contribution in [0.3, 0.4) is 0 Å². The number of amidine groups is 1. The van der Waals surface area contributed by atoms with E-state index in [1.165, 1.54) is 24.3 Å². The molecule has 0 fully saturated rings. The standard InChI is InChI=1S/C25H24Cl2N4O4S2/c1-36(32,33)16-15-28-25(30-37(34,35)22-13-9-20(27)10-14-22)23-17-24(18-5-3-2-4-6-18)31(29-23)21-11-7-19(26)8-12-21/h2-14,24H,15-17H2,1H3,(H,28,30)/t24-/m1/s1. The molecule has 0 saturated heterocycles. The highest BCUT2D eigenvalue weighted by Crippen LogP contribution is 2.36. The average Bonchev–Trinajstić information content (AvgIpc) is 3.29. The first-order valence-electron chi connectivity index (χ1n) is 11.2. The summed E-state index contributed by atoms with van der Waals surface area (Å²) in [6, 6.07) is 22.2. The van der Waals surface area contributed by atoms with Crippen LogP contribution in [0.2, 0.25) is 10.0 Å². The van der Waals surface area contributed by atoms with Gasteiger partial charge in [0.15, 0.2) is 5.84 Å². The third kappa shape index (κ3) is 7.10. The number of aliphatic imine (C=N–C) groups is 1. The lowest BCUT2D eigenvalue weighted by Gasteiger charge is -2.24. The molecule has 0 saturated carbocycles. The highest BCUT2D eigenvalue weighted by molar-refractivity contribution is 7.90. The first-order valence-corrected chi connectivity index (χ1v) is 15.5. The van der Waals surface area contributed by atoms with E-state index >= 15 is 0 Å². The molecule has 4 rings (SSSR count). The molecule has 8 nitrogen and oxygen atoms in total. The first kappa shape index (κ1) is 27.1. The minimum Gasteiger partial charge on any atom is -0.265 e. The Kier molecular flexibility index (Phi) is 8.23. The largest absolute Gasteiger partial charge is 0.265 e. The van der Waals surface area contributed by atoms with Crippen molar-refractivity contribution < 1.29 is 16.8 Å². The fourth-order valence-corrected chi connectivity index (χ4v) is 5.45. The quantitative estimate of drug-likeness (QED) is 0.307. The van der Waals surface area contributed by atoms with Crippen LogP contribution in [0.15, 0.2) is 93.9 Å². The summed E-state index contributed by atoms with van der Waals surface area (Å²) >= 11 is 12.0. The number of hydrogen-bond donors (Lipinski definition) is 1. The van der Waals surface area contributed by atoms with Gasteiger partial charge in [0, 0.05) is 22.7 Å². The van der Waals surface area contributed by atoms with Crippen molar-refractivity contribution in [3.05, 3.63) is 94.5 Å². The minimum absolute atomic E-state index is 0.0134. The van der Waals surface area contributed by atoms with Gasteiger partial charge in [-0.25, -0.2) is 16.8 Å². The fraction of sp³-hybridized carbons (Fsp3) is 0.200. The van der Waals surface area contributed by atoms with E-state index in [2.05, 4.69) is 9.71 Å². The van der Waals surface area contributed by atoms with Crippen LogP contribution < -0.4 is 9.73 Å². The van der Waals surface area contributed by atoms with Gasteiger partial charge in [-0.2, -0.15) is 5.10 Å². The summed E-state index contributed by atoms with van der Waals surface area (Å²) in [7, 11) is -7.37. The zero-order valence-electron chi connectivity index (χ0n) is 19.8. The molecular formula is C25H24Cl2N4O4S2. The van der Waals surface area contributed by atoms with Gasteiger partial charge in [0.2, 0.25) is 0 Å². The Morgan fingerprint density at radius 3 is 2.14 bits per heavy atom. The Morgan fingerprint density at radius 2 is 1.54 bits per heavy atom. The molecule has 1 heterocycles. The zero-order valence-corrected chi connectivity index (χ0v) is 22.9. The van der Waals surface area contributed by atoms with E-state index in [9.17, 15) is 16.8 Å². The Hall–Kier alpha value is -2.92. The molecule has 3 aromatic rings. The third-order valence-corrected chi connectivity index (χ3v) is 8.33. The second-order valence-corrected chi connectivity index (χ2v) is 13.2. The molecule has 0 aromatic heterocycles. The van der Waals surface area contributed by atoms with Gasteiger partial charge in [-0.05, 0) is 54.1 Å². The number of anilines is 1. The van der Waals surface area contributed by atoms with E-state index in [0.29, 0.717) is 22.2 Å². The highest BCUT2D eigenvalue weighted by atomic mass is 35.5. The van der Waals surface area contributed by atoms with Crippen LogP contribution in [-0.2, 0) is 19.9 Å². The van der Waals surface area contributed by atoms with E-state index in [1.54, 1.807) is 17.1 Å². The summed E-state index contributed by atoms with van der Waals surface area (Å²) < 4.78 is 52.3. The van der Waals surface area contributed by atoms with Gasteiger partial charge in [-0.15, -0.1) is 0 Å². The van der Waals surface area contributed by atoms with Crippen molar-refractivity contribution in [2.24, 2.45) is 10.1 Å². The average molecular weight is 580 g/mol. The van der Waals surface area contributed by atoms with Gasteiger partial charge < -0.3 is 0 Å². The molecule has 194 valence electrons. The number of nitrogens with one attached hydrogen (secondary N) is 1. The van der Waals surface area contributed by atoms with Crippen LogP contribution in [0, 0.1) is 0 Å². The third-order valence-electron chi connectivity index (χ3n) is 5.55. The molecular weight excluding hydrogens is 555 g/mol. The monoisotopic (exact) mass is 578 g/mol. The molecule has 0 bridgehead atoms. The molecule has 1 atom stereocenters. The van der Waals surface area contributed by atoms with Gasteiger partial charge in [-0.1, -0.05) is 53.5 Å². The number of hydrazone groups is 1. The number of halogens is 2. The smallest absolute Gasteiger partial charge is 0.263 e. The van der Waals surface area contributed by atoms with E-state index in [-0.39, 0.29) is 29.1 Å². The van der Waals surface area contributed by atoms with Crippen molar-refractivity contribution in [1.82, 2.24) is 4.72 Å². The summed E-state index contributed by atoms with van der Waals surface area (Å²) in [6.45, 7) is -0.132. The highest BCUT2D eigenvalue weighted by Gasteiger charge is 2.33. The summed E-state index contributed by atoms with van der Waals surface area (Å²) in [5, 5.41) is 7.48. The molecule has 1 N–H and O–H groups in total. The van der Waals surface area contributed by atoms with E-state index in [0.717, 1.165) is 17.5 Å². The number of sulfonamides is 1. The van der Waals surface area contributed by atoms with Crippen LogP contribution in [0.1, 0.15) is 18.0 Å². The van der Waals surface area contributed by atoms with Gasteiger partial charge >= 0.3 is 0 Å². The summed E-state index contributed by atoms with van der Waals surface area (Å²) in [5.41, 5.74) is 2.09. The Bertz CT molecular complexity index is 1530. The maximum absolute atomic E-state index is 13.2. The van der Waals surface area contributed by atoms with Crippen LogP contribution in [0.4, 0.5) is 5.69 Å². The van der Waals surface area contributed by atoms with Crippen LogP contribution in [-0.4, -0.2) is 46.9 Å². The van der Waals surface area contributed by atoms with E-state index in [4.69, 9.17) is 28.3 Å². The maximum atomic E-state index is 13.2. The second kappa shape index (κ2) is 11.2. The first-order chi connectivity index (χ1) is 17.5. The molecule has 37 heavy (non-hydrogen) atoms. The Morgan fingerprint density at radius 1 is 0.946 bits per heavy atom. The molecule has 3 aromatic carbocycles. The van der Waals surface area contributed by atoms with Crippen molar-refractivity contribution in [2.45, 2.75) is 17.4 Å². The molecule has 0 aliphatic carbocycles. The Labute approximate surface area is 226 Å². The van der Waals surface area contributed by atoms with Gasteiger partial charge in [0.05, 0.1) is 28.9 Å². The van der Waals surface area contributed by atoms with Crippen molar-refractivity contribution in [1.29, 1.82) is 0 Å². The van der Waals surface area contributed by atoms with Crippen molar-refractivity contribution in [2.75, 3.05) is 23.6 Å². The summed E-state index contributed by atoms with van der Waals surface area (Å²) in [5.74, 6) is -0.258. The Balaban J connectivity index is 1.74. The lowest BCUT2D eigenvalue weighted by molar-refractivity contribution is 0.592. The molecule has 0 spiro atoms. The lowest BCUT2D eigenvalue weighted by Crippen LogP contribution is -2.36. The zero-order chi connectivity index (χ0) is 26.6. The van der Waals surface area contributed by atoms with Gasteiger partial charge in [0.25, 0.3) is 10.0 Å². The van der Waals surface area contributed by atoms with E-state index < -0.39 is 19.9 Å². The predicted octanol–water partition coefficient (Wildman–Crippen LogP) is 4.72. The second-order valence-electron chi connectivity index (χ2n) is 8.42. The van der Waals surface area contributed by atoms with Gasteiger partial charge in [-0.3, -0.25) is 14.7 Å². The SMILES string of the molecule is CS(=O)(=O)CCN=C(NS(=O)(=O)c1ccc(Cl)cc1)C1=NN(c2ccc(Cl)cc2)[C@@H](c2ccccc2)C1. The van der Waals surface area contributed by atoms with Crippen LogP contribution in [0.25, 0.3) is 0 Å². The predicted molar refractivity (Wildman–Crippen MR) is 149 cm³/mol. The molecule has 1 aliphatic heterocycles. The minimum atomic E-state index is -4.06. The van der Waals surface area contributed by atoms with Crippen LogP contribution >= 0.6 is 23.2 Å². The normalized spacial score (nSPS) is 16.5. The van der Waals surface area contributed by atoms with Crippen molar-refractivity contribution in [3.8, 4) is 0 Å². The summed E-state index contributed by atoms with van der Waals surface area (Å²) in [4.78, 5) is 4.32. The van der Waals surface area contributed by atoms with Crippen molar-refractivity contribution in [3.63, 3.8) is 0 Å². The maximum Gasteiger partial charge on any atom is 0.263 e. The van der Waals surface area contributed by atoms with E-state index in [1.807, 2.05) is 42.5 Å². The molecule has 0 amide bonds. The van der Waals surface area contributed by atoms with Crippen LogP contribution in [0.5, 0.6) is 0 Å². The molecule has 0 radical (unpaired) electrons.